The first-order valence-electron chi connectivity index (χ1n) is 5.26. The lowest BCUT2D eigenvalue weighted by Crippen LogP contribution is -2.29. The largest absolute Gasteiger partial charge is 0.449 e. The van der Waals surface area contributed by atoms with E-state index in [-0.39, 0.29) is 0 Å². The molecule has 6 nitrogen and oxygen atoms in total. The van der Waals surface area contributed by atoms with Gasteiger partial charge < -0.3 is 15.8 Å². The van der Waals surface area contributed by atoms with Crippen LogP contribution in [0.2, 0.25) is 0 Å². The minimum atomic E-state index is -0.395. The van der Waals surface area contributed by atoms with Crippen LogP contribution in [0.3, 0.4) is 0 Å². The number of rotatable bonds is 5. The number of nitrogen functional groups attached to an aromatic ring is 1. The molecule has 0 aliphatic carbocycles. The zero-order valence-electron chi connectivity index (χ0n) is 9.64. The van der Waals surface area contributed by atoms with Gasteiger partial charge in [-0.3, -0.25) is 4.68 Å². The molecule has 3 N–H and O–H groups in total. The molecule has 0 saturated heterocycles. The number of ether oxygens (including phenoxy) is 1. The van der Waals surface area contributed by atoms with Gasteiger partial charge in [0.1, 0.15) is 0 Å². The standard InChI is InChI=1S/C10H18N4O2/c1-8(2)7-16-10(15)12-3-4-14-6-9(11)5-13-14/h5-6,8H,3-4,7,11H2,1-2H3,(H,12,15). The van der Waals surface area contributed by atoms with Gasteiger partial charge in [0.05, 0.1) is 25.0 Å². The smallest absolute Gasteiger partial charge is 0.407 e. The summed E-state index contributed by atoms with van der Waals surface area (Å²) in [6.45, 7) is 5.45. The molecule has 1 aromatic rings. The van der Waals surface area contributed by atoms with Crippen LogP contribution in [0, 0.1) is 5.92 Å². The predicted molar refractivity (Wildman–Crippen MR) is 60.8 cm³/mol. The topological polar surface area (TPSA) is 82.2 Å². The van der Waals surface area contributed by atoms with Crippen molar-refractivity contribution in [2.75, 3.05) is 18.9 Å². The first kappa shape index (κ1) is 12.4. The lowest BCUT2D eigenvalue weighted by Gasteiger charge is -2.08. The molecule has 0 unspecified atom stereocenters. The van der Waals surface area contributed by atoms with E-state index in [4.69, 9.17) is 10.5 Å². The molecule has 1 rings (SSSR count). The Morgan fingerprint density at radius 1 is 1.69 bits per heavy atom. The summed E-state index contributed by atoms with van der Waals surface area (Å²) in [5, 5.41) is 6.62. The van der Waals surface area contributed by atoms with Crippen molar-refractivity contribution in [3.8, 4) is 0 Å². The van der Waals surface area contributed by atoms with Crippen molar-refractivity contribution in [2.45, 2.75) is 20.4 Å². The fourth-order valence-electron chi connectivity index (χ4n) is 1.07. The van der Waals surface area contributed by atoms with Gasteiger partial charge in [-0.15, -0.1) is 0 Å². The molecule has 0 saturated carbocycles. The molecule has 0 aliphatic rings. The van der Waals surface area contributed by atoms with Crippen molar-refractivity contribution in [3.05, 3.63) is 12.4 Å². The molecular weight excluding hydrogens is 208 g/mol. The average molecular weight is 226 g/mol. The van der Waals surface area contributed by atoms with Crippen LogP contribution in [0.25, 0.3) is 0 Å². The Bertz CT molecular complexity index is 335. The lowest BCUT2D eigenvalue weighted by molar-refractivity contribution is 0.132. The van der Waals surface area contributed by atoms with Crippen LogP contribution < -0.4 is 11.1 Å². The monoisotopic (exact) mass is 226 g/mol. The predicted octanol–water partition coefficient (Wildman–Crippen LogP) is 0.847. The summed E-state index contributed by atoms with van der Waals surface area (Å²) < 4.78 is 6.61. The maximum atomic E-state index is 11.2. The van der Waals surface area contributed by atoms with Crippen LogP contribution in [0.15, 0.2) is 12.4 Å². The highest BCUT2D eigenvalue weighted by molar-refractivity contribution is 5.66. The molecule has 0 aliphatic heterocycles. The lowest BCUT2D eigenvalue weighted by atomic mass is 10.2. The molecule has 0 aromatic carbocycles. The summed E-state index contributed by atoms with van der Waals surface area (Å²) in [4.78, 5) is 11.2. The highest BCUT2D eigenvalue weighted by Crippen LogP contribution is 1.96. The first-order valence-corrected chi connectivity index (χ1v) is 5.26. The third kappa shape index (κ3) is 4.68. The Morgan fingerprint density at radius 2 is 2.44 bits per heavy atom. The number of nitrogens with two attached hydrogens (primary N) is 1. The van der Waals surface area contributed by atoms with E-state index in [1.165, 1.54) is 0 Å². The van der Waals surface area contributed by atoms with E-state index in [2.05, 4.69) is 10.4 Å². The third-order valence-corrected chi connectivity index (χ3v) is 1.81. The van der Waals surface area contributed by atoms with Crippen molar-refractivity contribution in [1.29, 1.82) is 0 Å². The summed E-state index contributed by atoms with van der Waals surface area (Å²) in [5.74, 6) is 0.344. The fourth-order valence-corrected chi connectivity index (χ4v) is 1.07. The van der Waals surface area contributed by atoms with Gasteiger partial charge >= 0.3 is 6.09 Å². The third-order valence-electron chi connectivity index (χ3n) is 1.81. The van der Waals surface area contributed by atoms with Gasteiger partial charge in [0.25, 0.3) is 0 Å². The molecule has 0 bridgehead atoms. The Hall–Kier alpha value is -1.72. The molecular formula is C10H18N4O2. The minimum Gasteiger partial charge on any atom is -0.449 e. The van der Waals surface area contributed by atoms with Gasteiger partial charge in [0, 0.05) is 12.7 Å². The van der Waals surface area contributed by atoms with Crippen LogP contribution in [0.4, 0.5) is 10.5 Å². The molecule has 16 heavy (non-hydrogen) atoms. The highest BCUT2D eigenvalue weighted by atomic mass is 16.5. The van der Waals surface area contributed by atoms with E-state index in [1.54, 1.807) is 17.1 Å². The Morgan fingerprint density at radius 3 is 3.00 bits per heavy atom. The Balaban J connectivity index is 2.13. The second kappa shape index (κ2) is 5.99. The van der Waals surface area contributed by atoms with Gasteiger partial charge in [-0.1, -0.05) is 13.8 Å². The quantitative estimate of drug-likeness (QED) is 0.779. The highest BCUT2D eigenvalue weighted by Gasteiger charge is 2.02. The second-order valence-electron chi connectivity index (χ2n) is 3.96. The maximum Gasteiger partial charge on any atom is 0.407 e. The van der Waals surface area contributed by atoms with Gasteiger partial charge in [0.2, 0.25) is 0 Å². The molecule has 0 radical (unpaired) electrons. The van der Waals surface area contributed by atoms with Crippen molar-refractivity contribution >= 4 is 11.8 Å². The average Bonchev–Trinajstić information content (AvgIpc) is 2.61. The number of carbonyl (C=O) groups is 1. The fraction of sp³-hybridized carbons (Fsp3) is 0.600. The van der Waals surface area contributed by atoms with Crippen molar-refractivity contribution in [3.63, 3.8) is 0 Å². The van der Waals surface area contributed by atoms with Gasteiger partial charge in [-0.2, -0.15) is 5.10 Å². The van der Waals surface area contributed by atoms with Crippen molar-refractivity contribution in [2.24, 2.45) is 5.92 Å². The number of anilines is 1. The van der Waals surface area contributed by atoms with E-state index in [0.717, 1.165) is 0 Å². The van der Waals surface area contributed by atoms with Crippen LogP contribution in [-0.2, 0) is 11.3 Å². The summed E-state index contributed by atoms with van der Waals surface area (Å²) in [6.07, 6.45) is 2.88. The van der Waals surface area contributed by atoms with Crippen molar-refractivity contribution < 1.29 is 9.53 Å². The number of aromatic nitrogens is 2. The number of nitrogens with one attached hydrogen (secondary N) is 1. The van der Waals surface area contributed by atoms with Gasteiger partial charge in [-0.25, -0.2) is 4.79 Å². The van der Waals surface area contributed by atoms with Crippen LogP contribution >= 0.6 is 0 Å². The Kier molecular flexibility index (Phi) is 4.63. The van der Waals surface area contributed by atoms with Crippen LogP contribution in [0.5, 0.6) is 0 Å². The molecule has 0 atom stereocenters. The second-order valence-corrected chi connectivity index (χ2v) is 3.96. The molecule has 90 valence electrons. The normalized spacial score (nSPS) is 10.4. The number of amides is 1. The van der Waals surface area contributed by atoms with Gasteiger partial charge in [0.15, 0.2) is 0 Å². The molecule has 6 heteroatoms. The number of nitrogens with zero attached hydrogens (tertiary/aromatic N) is 2. The SMILES string of the molecule is CC(C)COC(=O)NCCn1cc(N)cn1. The first-order chi connectivity index (χ1) is 7.58. The summed E-state index contributed by atoms with van der Waals surface area (Å²) >= 11 is 0. The summed E-state index contributed by atoms with van der Waals surface area (Å²) in [6, 6.07) is 0. The zero-order valence-corrected chi connectivity index (χ0v) is 9.64. The molecule has 1 heterocycles. The molecule has 0 spiro atoms. The number of hydrogen-bond acceptors (Lipinski definition) is 4. The van der Waals surface area contributed by atoms with E-state index < -0.39 is 6.09 Å². The van der Waals surface area contributed by atoms with Gasteiger partial charge in [-0.05, 0) is 5.92 Å². The van der Waals surface area contributed by atoms with E-state index in [1.807, 2.05) is 13.8 Å². The van der Waals surface area contributed by atoms with Crippen LogP contribution in [-0.4, -0.2) is 29.0 Å². The van der Waals surface area contributed by atoms with Crippen LogP contribution in [0.1, 0.15) is 13.8 Å². The number of alkyl carbamates (subject to hydrolysis) is 1. The molecule has 1 aromatic heterocycles. The minimum absolute atomic E-state index is 0.344. The maximum absolute atomic E-state index is 11.2. The van der Waals surface area contributed by atoms with E-state index in [0.29, 0.717) is 31.3 Å². The summed E-state index contributed by atoms with van der Waals surface area (Å²) in [5.41, 5.74) is 6.11. The zero-order chi connectivity index (χ0) is 12.0. The van der Waals surface area contributed by atoms with E-state index in [9.17, 15) is 4.79 Å². The Labute approximate surface area is 94.8 Å². The van der Waals surface area contributed by atoms with E-state index >= 15 is 0 Å². The molecule has 0 fully saturated rings. The number of hydrogen-bond donors (Lipinski definition) is 2. The summed E-state index contributed by atoms with van der Waals surface area (Å²) in [7, 11) is 0. The molecule has 1 amide bonds. The number of carbonyl (C=O) groups excluding carboxylic acids is 1. The van der Waals surface area contributed by atoms with Crippen molar-refractivity contribution in [1.82, 2.24) is 15.1 Å².